The molecule has 1 unspecified atom stereocenters. The average Bonchev–Trinajstić information content (AvgIpc) is 2.96. The molecule has 0 bridgehead atoms. The second-order valence-corrected chi connectivity index (χ2v) is 5.85. The zero-order chi connectivity index (χ0) is 18.0. The van der Waals surface area contributed by atoms with E-state index >= 15 is 0 Å². The molecule has 7 heteroatoms. The third-order valence-corrected chi connectivity index (χ3v) is 4.14. The third kappa shape index (κ3) is 3.87. The molecule has 1 saturated heterocycles. The third-order valence-electron chi connectivity index (χ3n) is 4.14. The Morgan fingerprint density at radius 1 is 1.20 bits per heavy atom. The van der Waals surface area contributed by atoms with E-state index in [4.69, 9.17) is 4.74 Å². The number of halogens is 3. The van der Waals surface area contributed by atoms with Crippen LogP contribution < -0.4 is 10.1 Å². The van der Waals surface area contributed by atoms with Crippen molar-refractivity contribution in [2.24, 2.45) is 0 Å². The molecule has 1 fully saturated rings. The van der Waals surface area contributed by atoms with Gasteiger partial charge >= 0.3 is 12.2 Å². The van der Waals surface area contributed by atoms with Crippen molar-refractivity contribution in [1.82, 2.24) is 10.2 Å². The van der Waals surface area contributed by atoms with Gasteiger partial charge in [-0.05, 0) is 35.4 Å². The number of rotatable bonds is 4. The lowest BCUT2D eigenvalue weighted by Gasteiger charge is -2.16. The number of carbonyl (C=O) groups excluding carboxylic acids is 1. The van der Waals surface area contributed by atoms with Crippen LogP contribution in [-0.4, -0.2) is 24.6 Å². The van der Waals surface area contributed by atoms with Gasteiger partial charge in [0.25, 0.3) is 0 Å². The SMILES string of the molecule is COc1ccc(CN2CC(c3cccc(C(F)(F)F)c3)NC2=O)cc1. The molecule has 0 saturated carbocycles. The lowest BCUT2D eigenvalue weighted by atomic mass is 10.0. The number of benzene rings is 2. The maximum Gasteiger partial charge on any atom is 0.416 e. The molecule has 2 aromatic carbocycles. The van der Waals surface area contributed by atoms with Crippen LogP contribution in [0, 0.1) is 0 Å². The molecule has 1 N–H and O–H groups in total. The minimum absolute atomic E-state index is 0.293. The van der Waals surface area contributed by atoms with E-state index in [0.717, 1.165) is 23.4 Å². The molecular weight excluding hydrogens is 333 g/mol. The number of nitrogens with zero attached hydrogens (tertiary/aromatic N) is 1. The highest BCUT2D eigenvalue weighted by atomic mass is 19.4. The van der Waals surface area contributed by atoms with Crippen molar-refractivity contribution < 1.29 is 22.7 Å². The van der Waals surface area contributed by atoms with Gasteiger partial charge in [-0.3, -0.25) is 0 Å². The summed E-state index contributed by atoms with van der Waals surface area (Å²) in [6.07, 6.45) is -4.40. The summed E-state index contributed by atoms with van der Waals surface area (Å²) in [6.45, 7) is 0.692. The predicted octanol–water partition coefficient (Wildman–Crippen LogP) is 3.98. The number of nitrogens with one attached hydrogen (secondary N) is 1. The van der Waals surface area contributed by atoms with Crippen molar-refractivity contribution in [3.63, 3.8) is 0 Å². The molecule has 1 aliphatic rings. The summed E-state index contributed by atoms with van der Waals surface area (Å²) in [4.78, 5) is 13.7. The molecule has 2 amide bonds. The molecule has 0 aromatic heterocycles. The van der Waals surface area contributed by atoms with E-state index < -0.39 is 17.8 Å². The molecule has 1 aliphatic heterocycles. The van der Waals surface area contributed by atoms with Crippen LogP contribution in [-0.2, 0) is 12.7 Å². The maximum atomic E-state index is 12.8. The van der Waals surface area contributed by atoms with Crippen LogP contribution in [0.2, 0.25) is 0 Å². The van der Waals surface area contributed by atoms with E-state index in [9.17, 15) is 18.0 Å². The number of alkyl halides is 3. The Hall–Kier alpha value is -2.70. The number of ether oxygens (including phenoxy) is 1. The van der Waals surface area contributed by atoms with Crippen LogP contribution in [0.4, 0.5) is 18.0 Å². The first kappa shape index (κ1) is 17.1. The van der Waals surface area contributed by atoms with Gasteiger partial charge < -0.3 is 15.0 Å². The van der Waals surface area contributed by atoms with Crippen molar-refractivity contribution in [1.29, 1.82) is 0 Å². The molecule has 25 heavy (non-hydrogen) atoms. The van der Waals surface area contributed by atoms with Gasteiger partial charge in [0.05, 0.1) is 18.7 Å². The average molecular weight is 350 g/mol. The number of hydrogen-bond donors (Lipinski definition) is 1. The number of hydrogen-bond acceptors (Lipinski definition) is 2. The van der Waals surface area contributed by atoms with Gasteiger partial charge in [-0.25, -0.2) is 4.79 Å². The van der Waals surface area contributed by atoms with Crippen molar-refractivity contribution in [2.75, 3.05) is 13.7 Å². The van der Waals surface area contributed by atoms with E-state index in [2.05, 4.69) is 5.32 Å². The highest BCUT2D eigenvalue weighted by molar-refractivity contribution is 5.77. The van der Waals surface area contributed by atoms with Gasteiger partial charge in [0.1, 0.15) is 5.75 Å². The molecule has 4 nitrogen and oxygen atoms in total. The fourth-order valence-electron chi connectivity index (χ4n) is 2.80. The Balaban J connectivity index is 1.71. The molecule has 2 aromatic rings. The fraction of sp³-hybridized carbons (Fsp3) is 0.278. The van der Waals surface area contributed by atoms with Crippen LogP contribution in [0.5, 0.6) is 5.75 Å². The summed E-state index contributed by atoms with van der Waals surface area (Å²) < 4.78 is 43.6. The van der Waals surface area contributed by atoms with Gasteiger partial charge in [0, 0.05) is 13.1 Å². The van der Waals surface area contributed by atoms with E-state index in [1.54, 1.807) is 30.2 Å². The lowest BCUT2D eigenvalue weighted by molar-refractivity contribution is -0.137. The highest BCUT2D eigenvalue weighted by Crippen LogP contribution is 2.32. The smallest absolute Gasteiger partial charge is 0.416 e. The highest BCUT2D eigenvalue weighted by Gasteiger charge is 2.33. The molecular formula is C18H17F3N2O2. The first-order chi connectivity index (χ1) is 11.9. The summed E-state index contributed by atoms with van der Waals surface area (Å²) in [6, 6.07) is 11.6. The Kier molecular flexibility index (Phi) is 4.57. The zero-order valence-electron chi connectivity index (χ0n) is 13.5. The first-order valence-electron chi connectivity index (χ1n) is 7.72. The molecule has 3 rings (SSSR count). The van der Waals surface area contributed by atoms with E-state index in [0.29, 0.717) is 18.7 Å². The Labute approximate surface area is 143 Å². The second kappa shape index (κ2) is 6.66. The van der Waals surface area contributed by atoms with Gasteiger partial charge in [-0.1, -0.05) is 24.3 Å². The summed E-state index contributed by atoms with van der Waals surface area (Å²) in [5.41, 5.74) is 0.647. The molecule has 132 valence electrons. The zero-order valence-corrected chi connectivity index (χ0v) is 13.5. The van der Waals surface area contributed by atoms with Crippen molar-refractivity contribution in [3.8, 4) is 5.75 Å². The first-order valence-corrected chi connectivity index (χ1v) is 7.72. The van der Waals surface area contributed by atoms with Gasteiger partial charge in [-0.15, -0.1) is 0 Å². The fourth-order valence-corrected chi connectivity index (χ4v) is 2.80. The van der Waals surface area contributed by atoms with E-state index in [1.165, 1.54) is 6.07 Å². The van der Waals surface area contributed by atoms with Crippen LogP contribution in [0.1, 0.15) is 22.7 Å². The van der Waals surface area contributed by atoms with E-state index in [-0.39, 0.29) is 6.03 Å². The van der Waals surface area contributed by atoms with E-state index in [1.807, 2.05) is 12.1 Å². The predicted molar refractivity (Wildman–Crippen MR) is 86.1 cm³/mol. The maximum absolute atomic E-state index is 12.8. The normalized spacial score (nSPS) is 17.5. The molecule has 1 heterocycles. The summed E-state index contributed by atoms with van der Waals surface area (Å²) in [7, 11) is 1.57. The van der Waals surface area contributed by atoms with Crippen LogP contribution in [0.3, 0.4) is 0 Å². The molecule has 1 atom stereocenters. The molecule has 0 aliphatic carbocycles. The van der Waals surface area contributed by atoms with Crippen LogP contribution >= 0.6 is 0 Å². The minimum Gasteiger partial charge on any atom is -0.497 e. The summed E-state index contributed by atoms with van der Waals surface area (Å²) >= 11 is 0. The van der Waals surface area contributed by atoms with Gasteiger partial charge in [0.2, 0.25) is 0 Å². The lowest BCUT2D eigenvalue weighted by Crippen LogP contribution is -2.27. The van der Waals surface area contributed by atoms with Crippen molar-refractivity contribution in [3.05, 3.63) is 65.2 Å². The number of urea groups is 1. The Morgan fingerprint density at radius 2 is 1.92 bits per heavy atom. The largest absolute Gasteiger partial charge is 0.497 e. The standard InChI is InChI=1S/C18H17F3N2O2/c1-25-15-7-5-12(6-8-15)10-23-11-16(22-17(23)24)13-3-2-4-14(9-13)18(19,20)21/h2-9,16H,10-11H2,1H3,(H,22,24). The van der Waals surface area contributed by atoms with Crippen molar-refractivity contribution >= 4 is 6.03 Å². The minimum atomic E-state index is -4.40. The van der Waals surface area contributed by atoms with Crippen LogP contribution in [0.15, 0.2) is 48.5 Å². The Morgan fingerprint density at radius 3 is 2.56 bits per heavy atom. The van der Waals surface area contributed by atoms with Gasteiger partial charge in [0.15, 0.2) is 0 Å². The Bertz CT molecular complexity index is 760. The summed E-state index contributed by atoms with van der Waals surface area (Å²) in [5.74, 6) is 0.719. The number of carbonyl (C=O) groups is 1. The second-order valence-electron chi connectivity index (χ2n) is 5.85. The number of methoxy groups -OCH3 is 1. The quantitative estimate of drug-likeness (QED) is 0.906. The van der Waals surface area contributed by atoms with Gasteiger partial charge in [-0.2, -0.15) is 13.2 Å². The monoisotopic (exact) mass is 350 g/mol. The number of amides is 2. The topological polar surface area (TPSA) is 41.6 Å². The van der Waals surface area contributed by atoms with Crippen molar-refractivity contribution in [2.45, 2.75) is 18.8 Å². The summed E-state index contributed by atoms with van der Waals surface area (Å²) in [5, 5.41) is 2.74. The molecule has 0 spiro atoms. The molecule has 0 radical (unpaired) electrons. The van der Waals surface area contributed by atoms with Crippen LogP contribution in [0.25, 0.3) is 0 Å².